The molecule has 0 unspecified atom stereocenters. The van der Waals surface area contributed by atoms with Crippen molar-refractivity contribution < 1.29 is 23.1 Å². The summed E-state index contributed by atoms with van der Waals surface area (Å²) in [6, 6.07) is 15.3. The normalized spacial score (nSPS) is 16.2. The van der Waals surface area contributed by atoms with Gasteiger partial charge in [-0.2, -0.15) is 0 Å². The number of rotatable bonds is 7. The van der Waals surface area contributed by atoms with Crippen LogP contribution in [0.25, 0.3) is 0 Å². The fraction of sp³-hybridized carbons (Fsp3) is 0.400. The van der Waals surface area contributed by atoms with Gasteiger partial charge < -0.3 is 19.0 Å². The molecule has 37 heavy (non-hydrogen) atoms. The zero-order valence-electron chi connectivity index (χ0n) is 22.2. The van der Waals surface area contributed by atoms with E-state index in [9.17, 15) is 14.0 Å². The topological polar surface area (TPSA) is 63.0 Å². The molecule has 0 fully saturated rings. The third-order valence-corrected chi connectivity index (χ3v) is 6.69. The average molecular weight is 507 g/mol. The van der Waals surface area contributed by atoms with Crippen molar-refractivity contribution in [2.45, 2.75) is 59.2 Å². The first-order valence-corrected chi connectivity index (χ1v) is 12.7. The summed E-state index contributed by atoms with van der Waals surface area (Å²) in [7, 11) is 1.72. The molecule has 3 aromatic rings. The molecular formula is C30H35FN2O4. The molecule has 6 nitrogen and oxygen atoms in total. The van der Waals surface area contributed by atoms with Gasteiger partial charge in [-0.05, 0) is 65.9 Å². The van der Waals surface area contributed by atoms with Gasteiger partial charge in [0.2, 0.25) is 5.91 Å². The number of benzene rings is 2. The third kappa shape index (κ3) is 5.87. The van der Waals surface area contributed by atoms with Crippen molar-refractivity contribution in [1.29, 1.82) is 0 Å². The molecule has 4 rings (SSSR count). The quantitative estimate of drug-likeness (QED) is 0.409. The second-order valence-corrected chi connectivity index (χ2v) is 10.6. The van der Waals surface area contributed by atoms with Crippen LogP contribution in [0.15, 0.2) is 65.3 Å². The Morgan fingerprint density at radius 3 is 2.59 bits per heavy atom. The maximum Gasteiger partial charge on any atom is 0.263 e. The Balaban J connectivity index is 1.65. The molecule has 2 aromatic carbocycles. The van der Waals surface area contributed by atoms with E-state index in [-0.39, 0.29) is 17.6 Å². The summed E-state index contributed by atoms with van der Waals surface area (Å²) in [6.45, 7) is 8.47. The van der Waals surface area contributed by atoms with Crippen LogP contribution >= 0.6 is 0 Å². The maximum atomic E-state index is 14.3. The predicted octanol–water partition coefficient (Wildman–Crippen LogP) is 5.75. The van der Waals surface area contributed by atoms with E-state index < -0.39 is 17.6 Å². The van der Waals surface area contributed by atoms with Crippen LogP contribution in [0.5, 0.6) is 5.75 Å². The summed E-state index contributed by atoms with van der Waals surface area (Å²) in [6.07, 6.45) is 2.07. The van der Waals surface area contributed by atoms with E-state index in [4.69, 9.17) is 9.15 Å². The Kier molecular flexibility index (Phi) is 7.71. The molecule has 2 atom stereocenters. The molecule has 7 heteroatoms. The second kappa shape index (κ2) is 10.8. The highest BCUT2D eigenvalue weighted by atomic mass is 19.1. The molecule has 0 spiro atoms. The molecule has 0 aliphatic carbocycles. The molecule has 0 radical (unpaired) electrons. The fourth-order valence-electron chi connectivity index (χ4n) is 4.78. The number of fused-ring (bicyclic) bond motifs is 1. The van der Waals surface area contributed by atoms with Gasteiger partial charge in [0.05, 0.1) is 18.8 Å². The molecule has 1 aliphatic rings. The minimum Gasteiger partial charge on any atom is -0.481 e. The number of ether oxygens (including phenoxy) is 1. The molecule has 0 saturated carbocycles. The van der Waals surface area contributed by atoms with Gasteiger partial charge in [0.1, 0.15) is 17.3 Å². The highest BCUT2D eigenvalue weighted by Crippen LogP contribution is 2.39. The zero-order chi connectivity index (χ0) is 26.7. The number of nitrogens with zero attached hydrogens (tertiary/aromatic N) is 2. The first-order chi connectivity index (χ1) is 17.6. The number of amides is 2. The Hall–Kier alpha value is -3.61. The summed E-state index contributed by atoms with van der Waals surface area (Å²) in [5, 5.41) is 0. The van der Waals surface area contributed by atoms with Crippen molar-refractivity contribution >= 4 is 11.8 Å². The van der Waals surface area contributed by atoms with E-state index in [1.54, 1.807) is 30.3 Å². The lowest BCUT2D eigenvalue weighted by molar-refractivity contribution is -0.141. The van der Waals surface area contributed by atoms with Crippen LogP contribution in [0.2, 0.25) is 0 Å². The number of carbonyl (C=O) groups excluding carboxylic acids is 2. The van der Waals surface area contributed by atoms with E-state index in [1.807, 2.05) is 62.9 Å². The van der Waals surface area contributed by atoms with Crippen LogP contribution in [0.3, 0.4) is 0 Å². The van der Waals surface area contributed by atoms with Crippen molar-refractivity contribution in [2.24, 2.45) is 5.41 Å². The SMILES string of the molecule is CC[C@@H](Oc1ccc2c(c1)[C@H](c1cccc(F)c1)N(C(=O)C(C)(C)C)CC2)C(=O)N(C)Cc1ccco1. The van der Waals surface area contributed by atoms with Crippen molar-refractivity contribution in [3.8, 4) is 5.75 Å². The number of halogens is 1. The maximum absolute atomic E-state index is 14.3. The van der Waals surface area contributed by atoms with E-state index in [1.165, 1.54) is 12.1 Å². The van der Waals surface area contributed by atoms with Crippen molar-refractivity contribution in [3.05, 3.63) is 89.1 Å². The van der Waals surface area contributed by atoms with Crippen LogP contribution in [0, 0.1) is 11.2 Å². The van der Waals surface area contributed by atoms with Gasteiger partial charge in [-0.3, -0.25) is 9.59 Å². The molecule has 196 valence electrons. The Bertz CT molecular complexity index is 1250. The van der Waals surface area contributed by atoms with Crippen LogP contribution in [-0.2, 0) is 22.6 Å². The van der Waals surface area contributed by atoms with Crippen LogP contribution in [0.4, 0.5) is 4.39 Å². The van der Waals surface area contributed by atoms with Gasteiger partial charge in [0.25, 0.3) is 5.91 Å². The van der Waals surface area contributed by atoms with Gasteiger partial charge in [0, 0.05) is 19.0 Å². The molecule has 1 aliphatic heterocycles. The van der Waals surface area contributed by atoms with E-state index in [0.717, 1.165) is 11.1 Å². The molecule has 0 N–H and O–H groups in total. The smallest absolute Gasteiger partial charge is 0.263 e. The van der Waals surface area contributed by atoms with Gasteiger partial charge in [-0.1, -0.05) is 45.9 Å². The van der Waals surface area contributed by atoms with Crippen LogP contribution < -0.4 is 4.74 Å². The second-order valence-electron chi connectivity index (χ2n) is 10.6. The Morgan fingerprint density at radius 1 is 1.16 bits per heavy atom. The average Bonchev–Trinajstić information content (AvgIpc) is 3.38. The number of carbonyl (C=O) groups is 2. The summed E-state index contributed by atoms with van der Waals surface area (Å²) in [5.74, 6) is 0.733. The van der Waals surface area contributed by atoms with Crippen molar-refractivity contribution in [1.82, 2.24) is 9.80 Å². The minimum atomic E-state index is -0.679. The number of hydrogen-bond donors (Lipinski definition) is 0. The predicted molar refractivity (Wildman–Crippen MR) is 139 cm³/mol. The highest BCUT2D eigenvalue weighted by Gasteiger charge is 2.37. The Labute approximate surface area is 218 Å². The molecule has 0 saturated heterocycles. The zero-order valence-corrected chi connectivity index (χ0v) is 22.2. The lowest BCUT2D eigenvalue weighted by Crippen LogP contribution is -2.45. The van der Waals surface area contributed by atoms with Gasteiger partial charge >= 0.3 is 0 Å². The molecule has 1 aromatic heterocycles. The molecule has 2 heterocycles. The fourth-order valence-corrected chi connectivity index (χ4v) is 4.78. The van der Waals surface area contributed by atoms with E-state index >= 15 is 0 Å². The highest BCUT2D eigenvalue weighted by molar-refractivity contribution is 5.83. The largest absolute Gasteiger partial charge is 0.481 e. The molecule has 0 bridgehead atoms. The van der Waals surface area contributed by atoms with E-state index in [0.29, 0.717) is 43.0 Å². The monoisotopic (exact) mass is 506 g/mol. The summed E-state index contributed by atoms with van der Waals surface area (Å²) >= 11 is 0. The van der Waals surface area contributed by atoms with Gasteiger partial charge in [-0.15, -0.1) is 0 Å². The lowest BCUT2D eigenvalue weighted by Gasteiger charge is -2.41. The number of furan rings is 1. The number of hydrogen-bond acceptors (Lipinski definition) is 4. The first kappa shape index (κ1) is 26.5. The standard InChI is InChI=1S/C30H35FN2O4/c1-6-26(28(34)32(5)19-24-11-8-16-36-24)37-23-13-12-20-14-15-33(29(35)30(2,3)4)27(25(20)18-23)21-9-7-10-22(31)17-21/h7-13,16-18,26-27H,6,14-15,19H2,1-5H3/t26-,27+/m1/s1. The number of likely N-dealkylation sites (N-methyl/N-ethyl adjacent to an activating group) is 1. The summed E-state index contributed by atoms with van der Waals surface area (Å²) in [4.78, 5) is 30.0. The van der Waals surface area contributed by atoms with Crippen LogP contribution in [-0.4, -0.2) is 41.3 Å². The summed E-state index contributed by atoms with van der Waals surface area (Å²) < 4.78 is 25.9. The molecular weight excluding hydrogens is 471 g/mol. The Morgan fingerprint density at radius 2 is 1.95 bits per heavy atom. The lowest BCUT2D eigenvalue weighted by atomic mass is 9.85. The van der Waals surface area contributed by atoms with Gasteiger partial charge in [0.15, 0.2) is 6.10 Å². The minimum absolute atomic E-state index is 0.0000962. The van der Waals surface area contributed by atoms with E-state index in [2.05, 4.69) is 0 Å². The first-order valence-electron chi connectivity index (χ1n) is 12.7. The van der Waals surface area contributed by atoms with Crippen molar-refractivity contribution in [3.63, 3.8) is 0 Å². The molecule has 2 amide bonds. The third-order valence-electron chi connectivity index (χ3n) is 6.69. The van der Waals surface area contributed by atoms with Crippen LogP contribution in [0.1, 0.15) is 62.6 Å². The van der Waals surface area contributed by atoms with Crippen molar-refractivity contribution in [2.75, 3.05) is 13.6 Å². The van der Waals surface area contributed by atoms with Gasteiger partial charge in [-0.25, -0.2) is 4.39 Å². The summed E-state index contributed by atoms with van der Waals surface area (Å²) in [5.41, 5.74) is 2.08.